The fourth-order valence-electron chi connectivity index (χ4n) is 1.55. The average Bonchev–Trinajstić information content (AvgIpc) is 3.02. The molecule has 0 aromatic carbocycles. The minimum absolute atomic E-state index is 0.170. The van der Waals surface area contributed by atoms with E-state index in [4.69, 9.17) is 0 Å². The SMILES string of the molecule is Cc1sc(CNCCC(=O)NC2CC2)cc1Br. The van der Waals surface area contributed by atoms with Crippen LogP contribution in [0.15, 0.2) is 10.5 Å². The largest absolute Gasteiger partial charge is 0.353 e. The first-order valence-electron chi connectivity index (χ1n) is 5.90. The van der Waals surface area contributed by atoms with Crippen LogP contribution < -0.4 is 10.6 Å². The Labute approximate surface area is 114 Å². The van der Waals surface area contributed by atoms with E-state index in [1.54, 1.807) is 11.3 Å². The Bertz CT molecular complexity index is 382. The summed E-state index contributed by atoms with van der Waals surface area (Å²) in [6.45, 7) is 3.68. The summed E-state index contributed by atoms with van der Waals surface area (Å²) in [6, 6.07) is 2.61. The second-order valence-electron chi connectivity index (χ2n) is 4.39. The van der Waals surface area contributed by atoms with Gasteiger partial charge < -0.3 is 10.6 Å². The van der Waals surface area contributed by atoms with Crippen LogP contribution in [-0.2, 0) is 11.3 Å². The molecular formula is C12H17BrN2OS. The Morgan fingerprint density at radius 1 is 1.59 bits per heavy atom. The van der Waals surface area contributed by atoms with Crippen molar-refractivity contribution in [3.63, 3.8) is 0 Å². The number of aryl methyl sites for hydroxylation is 1. The van der Waals surface area contributed by atoms with Crippen molar-refractivity contribution in [2.24, 2.45) is 0 Å². The van der Waals surface area contributed by atoms with Crippen molar-refractivity contribution in [2.45, 2.75) is 38.8 Å². The average molecular weight is 317 g/mol. The Balaban J connectivity index is 1.60. The molecule has 2 N–H and O–H groups in total. The minimum atomic E-state index is 0.170. The second kappa shape index (κ2) is 5.98. The molecule has 0 atom stereocenters. The quantitative estimate of drug-likeness (QED) is 0.792. The highest BCUT2D eigenvalue weighted by atomic mass is 79.9. The zero-order valence-corrected chi connectivity index (χ0v) is 12.3. The molecule has 1 heterocycles. The van der Waals surface area contributed by atoms with Crippen molar-refractivity contribution in [1.29, 1.82) is 0 Å². The van der Waals surface area contributed by atoms with Gasteiger partial charge in [-0.3, -0.25) is 4.79 Å². The summed E-state index contributed by atoms with van der Waals surface area (Å²) in [5.74, 6) is 0.170. The molecule has 0 spiro atoms. The first kappa shape index (κ1) is 13.1. The van der Waals surface area contributed by atoms with Gasteiger partial charge >= 0.3 is 0 Å². The maximum absolute atomic E-state index is 11.4. The third-order valence-electron chi connectivity index (χ3n) is 2.68. The molecular weight excluding hydrogens is 300 g/mol. The lowest BCUT2D eigenvalue weighted by Gasteiger charge is -2.04. The summed E-state index contributed by atoms with van der Waals surface area (Å²) in [5, 5.41) is 6.28. The molecule has 1 aliphatic rings. The smallest absolute Gasteiger partial charge is 0.221 e. The molecule has 0 bridgehead atoms. The summed E-state index contributed by atoms with van der Waals surface area (Å²) in [7, 11) is 0. The van der Waals surface area contributed by atoms with Crippen molar-refractivity contribution >= 4 is 33.2 Å². The number of rotatable bonds is 6. The molecule has 1 aliphatic carbocycles. The Morgan fingerprint density at radius 3 is 2.94 bits per heavy atom. The van der Waals surface area contributed by atoms with E-state index in [2.05, 4.69) is 39.6 Å². The molecule has 0 radical (unpaired) electrons. The van der Waals surface area contributed by atoms with E-state index in [9.17, 15) is 4.79 Å². The van der Waals surface area contributed by atoms with Gasteiger partial charge in [0.05, 0.1) is 0 Å². The fraction of sp³-hybridized carbons (Fsp3) is 0.583. The van der Waals surface area contributed by atoms with E-state index in [1.165, 1.54) is 14.2 Å². The highest BCUT2D eigenvalue weighted by Crippen LogP contribution is 2.26. The lowest BCUT2D eigenvalue weighted by Crippen LogP contribution is -2.28. The molecule has 1 amide bonds. The first-order valence-corrected chi connectivity index (χ1v) is 7.51. The lowest BCUT2D eigenvalue weighted by atomic mass is 10.3. The Hall–Kier alpha value is -0.390. The minimum Gasteiger partial charge on any atom is -0.353 e. The van der Waals surface area contributed by atoms with Crippen LogP contribution in [0, 0.1) is 6.92 Å². The van der Waals surface area contributed by atoms with E-state index in [0.29, 0.717) is 12.5 Å². The predicted octanol–water partition coefficient (Wildman–Crippen LogP) is 2.58. The number of hydrogen-bond donors (Lipinski definition) is 2. The van der Waals surface area contributed by atoms with Gasteiger partial charge in [0.15, 0.2) is 0 Å². The lowest BCUT2D eigenvalue weighted by molar-refractivity contribution is -0.121. The Morgan fingerprint density at radius 2 is 2.35 bits per heavy atom. The van der Waals surface area contributed by atoms with Crippen LogP contribution in [0.25, 0.3) is 0 Å². The molecule has 0 unspecified atom stereocenters. The summed E-state index contributed by atoms with van der Waals surface area (Å²) < 4.78 is 1.17. The van der Waals surface area contributed by atoms with Crippen LogP contribution in [0.3, 0.4) is 0 Å². The zero-order chi connectivity index (χ0) is 12.3. The van der Waals surface area contributed by atoms with Crippen molar-refractivity contribution in [2.75, 3.05) is 6.54 Å². The van der Waals surface area contributed by atoms with Crippen molar-refractivity contribution in [3.05, 3.63) is 20.3 Å². The molecule has 17 heavy (non-hydrogen) atoms. The van der Waals surface area contributed by atoms with Crippen LogP contribution in [0.1, 0.15) is 29.0 Å². The standard InChI is InChI=1S/C12H17BrN2OS/c1-8-11(13)6-10(17-8)7-14-5-4-12(16)15-9-2-3-9/h6,9,14H,2-5,7H2,1H3,(H,15,16). The first-order chi connectivity index (χ1) is 8.15. The molecule has 94 valence electrons. The molecule has 3 nitrogen and oxygen atoms in total. The number of halogens is 1. The zero-order valence-electron chi connectivity index (χ0n) is 9.88. The number of thiophene rings is 1. The van der Waals surface area contributed by atoms with Crippen LogP contribution in [0.2, 0.25) is 0 Å². The molecule has 1 aromatic heterocycles. The van der Waals surface area contributed by atoms with E-state index in [0.717, 1.165) is 25.9 Å². The van der Waals surface area contributed by atoms with Gasteiger partial charge in [0.2, 0.25) is 5.91 Å². The highest BCUT2D eigenvalue weighted by Gasteiger charge is 2.22. The van der Waals surface area contributed by atoms with E-state index in [1.807, 2.05) is 0 Å². The number of nitrogens with one attached hydrogen (secondary N) is 2. The van der Waals surface area contributed by atoms with Crippen LogP contribution >= 0.6 is 27.3 Å². The van der Waals surface area contributed by atoms with Gasteiger partial charge in [-0.25, -0.2) is 0 Å². The summed E-state index contributed by atoms with van der Waals surface area (Å²) in [4.78, 5) is 14.0. The molecule has 1 saturated carbocycles. The van der Waals surface area contributed by atoms with Gasteiger partial charge in [-0.05, 0) is 41.8 Å². The van der Waals surface area contributed by atoms with Gasteiger partial charge in [-0.2, -0.15) is 0 Å². The maximum Gasteiger partial charge on any atom is 0.221 e. The third-order valence-corrected chi connectivity index (χ3v) is 4.82. The number of carbonyl (C=O) groups is 1. The summed E-state index contributed by atoms with van der Waals surface area (Å²) >= 11 is 5.28. The van der Waals surface area contributed by atoms with Gasteiger partial charge in [0.25, 0.3) is 0 Å². The molecule has 1 fully saturated rings. The fourth-order valence-corrected chi connectivity index (χ4v) is 3.12. The predicted molar refractivity (Wildman–Crippen MR) is 74.2 cm³/mol. The van der Waals surface area contributed by atoms with Crippen molar-refractivity contribution < 1.29 is 4.79 Å². The van der Waals surface area contributed by atoms with Gasteiger partial charge in [-0.15, -0.1) is 11.3 Å². The maximum atomic E-state index is 11.4. The topological polar surface area (TPSA) is 41.1 Å². The molecule has 0 aliphatic heterocycles. The Kier molecular flexibility index (Phi) is 4.59. The van der Waals surface area contributed by atoms with E-state index < -0.39 is 0 Å². The molecule has 0 saturated heterocycles. The number of hydrogen-bond acceptors (Lipinski definition) is 3. The van der Waals surface area contributed by atoms with Crippen molar-refractivity contribution in [3.8, 4) is 0 Å². The van der Waals surface area contributed by atoms with E-state index in [-0.39, 0.29) is 5.91 Å². The number of amides is 1. The van der Waals surface area contributed by atoms with Crippen molar-refractivity contribution in [1.82, 2.24) is 10.6 Å². The van der Waals surface area contributed by atoms with Crippen LogP contribution in [0.5, 0.6) is 0 Å². The summed E-state index contributed by atoms with van der Waals surface area (Å²) in [6.07, 6.45) is 2.88. The highest BCUT2D eigenvalue weighted by molar-refractivity contribution is 9.10. The van der Waals surface area contributed by atoms with Crippen LogP contribution in [0.4, 0.5) is 0 Å². The summed E-state index contributed by atoms with van der Waals surface area (Å²) in [5.41, 5.74) is 0. The number of carbonyl (C=O) groups excluding carboxylic acids is 1. The molecule has 1 aromatic rings. The van der Waals surface area contributed by atoms with Gasteiger partial charge in [0, 0.05) is 39.8 Å². The van der Waals surface area contributed by atoms with Gasteiger partial charge in [0.1, 0.15) is 0 Å². The van der Waals surface area contributed by atoms with Gasteiger partial charge in [-0.1, -0.05) is 0 Å². The monoisotopic (exact) mass is 316 g/mol. The second-order valence-corrected chi connectivity index (χ2v) is 6.58. The molecule has 2 rings (SSSR count). The van der Waals surface area contributed by atoms with E-state index >= 15 is 0 Å². The van der Waals surface area contributed by atoms with Crippen LogP contribution in [-0.4, -0.2) is 18.5 Å². The normalized spacial score (nSPS) is 14.9. The molecule has 5 heteroatoms. The third kappa shape index (κ3) is 4.41.